The van der Waals surface area contributed by atoms with Gasteiger partial charge in [0.15, 0.2) is 5.13 Å². The zero-order valence-corrected chi connectivity index (χ0v) is 12.8. The number of aromatic nitrogens is 1. The van der Waals surface area contributed by atoms with E-state index in [9.17, 15) is 9.59 Å². The number of nitrogens with zero attached hydrogens (tertiary/aromatic N) is 3. The molecule has 0 spiro atoms. The predicted molar refractivity (Wildman–Crippen MR) is 80.7 cm³/mol. The topological polar surface area (TPSA) is 85.8 Å². The molecule has 0 saturated carbocycles. The van der Waals surface area contributed by atoms with E-state index < -0.39 is 11.9 Å². The molecule has 1 saturated heterocycles. The zero-order valence-electron chi connectivity index (χ0n) is 12.0. The number of carbonyl (C=O) groups excluding carboxylic acids is 1. The molecule has 1 fully saturated rings. The molecule has 2 heterocycles. The smallest absolute Gasteiger partial charge is 0.317 e. The second-order valence-corrected chi connectivity index (χ2v) is 5.79. The molecule has 2 amide bonds. The van der Waals surface area contributed by atoms with Crippen LogP contribution in [0, 0.1) is 5.92 Å². The quantitative estimate of drug-likeness (QED) is 0.850. The van der Waals surface area contributed by atoms with Gasteiger partial charge in [0, 0.05) is 44.3 Å². The van der Waals surface area contributed by atoms with Crippen LogP contribution < -0.4 is 10.2 Å². The van der Waals surface area contributed by atoms with Gasteiger partial charge >= 0.3 is 12.0 Å². The summed E-state index contributed by atoms with van der Waals surface area (Å²) in [5.41, 5.74) is 0. The van der Waals surface area contributed by atoms with Crippen molar-refractivity contribution in [2.24, 2.45) is 5.92 Å². The van der Waals surface area contributed by atoms with E-state index in [0.29, 0.717) is 19.5 Å². The summed E-state index contributed by atoms with van der Waals surface area (Å²) in [4.78, 5) is 31.1. The molecule has 0 aliphatic carbocycles. The van der Waals surface area contributed by atoms with Crippen molar-refractivity contribution in [3.8, 4) is 0 Å². The van der Waals surface area contributed by atoms with Crippen molar-refractivity contribution in [3.63, 3.8) is 0 Å². The molecule has 2 rings (SSSR count). The second kappa shape index (κ2) is 7.26. The summed E-state index contributed by atoms with van der Waals surface area (Å²) in [5, 5.41) is 14.6. The van der Waals surface area contributed by atoms with Crippen LogP contribution in [0.1, 0.15) is 13.3 Å². The average molecular weight is 312 g/mol. The number of urea groups is 1. The Labute approximate surface area is 127 Å². The van der Waals surface area contributed by atoms with E-state index >= 15 is 0 Å². The number of hydrogen-bond acceptors (Lipinski definition) is 5. The molecular formula is C13H20N4O3S. The predicted octanol–water partition coefficient (Wildman–Crippen LogP) is 1.09. The molecule has 21 heavy (non-hydrogen) atoms. The van der Waals surface area contributed by atoms with Crippen molar-refractivity contribution in [3.05, 3.63) is 11.6 Å². The standard InChI is InChI=1S/C13H20N4O3S/c1-2-10(11(18)19)9-15-12(20)16-4-6-17(7-5-16)13-14-3-8-21-13/h3,8,10H,2,4-7,9H2,1H3,(H,15,20)(H,18,19). The summed E-state index contributed by atoms with van der Waals surface area (Å²) in [6, 6.07) is -0.187. The van der Waals surface area contributed by atoms with Gasteiger partial charge in [-0.3, -0.25) is 4.79 Å². The lowest BCUT2D eigenvalue weighted by Crippen LogP contribution is -2.52. The Morgan fingerprint density at radius 2 is 2.14 bits per heavy atom. The molecule has 0 aromatic carbocycles. The van der Waals surface area contributed by atoms with Crippen molar-refractivity contribution in [1.29, 1.82) is 0 Å². The Morgan fingerprint density at radius 1 is 1.43 bits per heavy atom. The number of anilines is 1. The highest BCUT2D eigenvalue weighted by Crippen LogP contribution is 2.18. The second-order valence-electron chi connectivity index (χ2n) is 4.92. The molecule has 1 unspecified atom stereocenters. The largest absolute Gasteiger partial charge is 0.481 e. The highest BCUT2D eigenvalue weighted by molar-refractivity contribution is 7.13. The zero-order chi connectivity index (χ0) is 15.2. The van der Waals surface area contributed by atoms with E-state index in [1.807, 2.05) is 5.38 Å². The lowest BCUT2D eigenvalue weighted by Gasteiger charge is -2.34. The minimum atomic E-state index is -0.869. The first-order valence-corrected chi connectivity index (χ1v) is 7.89. The van der Waals surface area contributed by atoms with Crippen LogP contribution in [0.25, 0.3) is 0 Å². The van der Waals surface area contributed by atoms with Gasteiger partial charge in [-0.15, -0.1) is 11.3 Å². The summed E-state index contributed by atoms with van der Waals surface area (Å²) in [6.45, 7) is 4.72. The lowest BCUT2D eigenvalue weighted by molar-refractivity contribution is -0.141. The first kappa shape index (κ1) is 15.6. The number of amides is 2. The number of carboxylic acids is 1. The fourth-order valence-corrected chi connectivity index (χ4v) is 2.90. The Bertz CT molecular complexity index is 472. The van der Waals surface area contributed by atoms with Gasteiger partial charge in [-0.05, 0) is 6.42 Å². The number of carbonyl (C=O) groups is 2. The minimum absolute atomic E-state index is 0.178. The number of aliphatic carboxylic acids is 1. The van der Waals surface area contributed by atoms with Crippen molar-refractivity contribution < 1.29 is 14.7 Å². The van der Waals surface area contributed by atoms with Gasteiger partial charge in [0.1, 0.15) is 0 Å². The van der Waals surface area contributed by atoms with Gasteiger partial charge in [-0.1, -0.05) is 6.92 Å². The summed E-state index contributed by atoms with van der Waals surface area (Å²) >= 11 is 1.59. The Hall–Kier alpha value is -1.83. The molecule has 116 valence electrons. The normalized spacial score (nSPS) is 16.6. The van der Waals surface area contributed by atoms with Crippen molar-refractivity contribution >= 4 is 28.5 Å². The van der Waals surface area contributed by atoms with Gasteiger partial charge in [0.25, 0.3) is 0 Å². The lowest BCUT2D eigenvalue weighted by atomic mass is 10.1. The van der Waals surface area contributed by atoms with Crippen LogP contribution in [0.4, 0.5) is 9.93 Å². The molecule has 1 aromatic heterocycles. The number of thiazole rings is 1. The molecule has 1 aromatic rings. The van der Waals surface area contributed by atoms with E-state index in [-0.39, 0.29) is 12.6 Å². The Kier molecular flexibility index (Phi) is 5.38. The number of rotatable bonds is 5. The third-order valence-corrected chi connectivity index (χ3v) is 4.43. The number of carboxylic acid groups (broad SMARTS) is 1. The van der Waals surface area contributed by atoms with Gasteiger partial charge in [-0.2, -0.15) is 0 Å². The summed E-state index contributed by atoms with van der Waals surface area (Å²) in [6.07, 6.45) is 2.28. The molecule has 1 atom stereocenters. The molecule has 0 bridgehead atoms. The fourth-order valence-electron chi connectivity index (χ4n) is 2.20. The van der Waals surface area contributed by atoms with Crippen LogP contribution in [-0.4, -0.2) is 59.7 Å². The summed E-state index contributed by atoms with van der Waals surface area (Å²) in [7, 11) is 0. The Morgan fingerprint density at radius 3 is 2.67 bits per heavy atom. The van der Waals surface area contributed by atoms with Gasteiger partial charge < -0.3 is 20.2 Å². The summed E-state index contributed by atoms with van der Waals surface area (Å²) < 4.78 is 0. The first-order valence-electron chi connectivity index (χ1n) is 7.01. The van der Waals surface area contributed by atoms with Crippen molar-refractivity contribution in [1.82, 2.24) is 15.2 Å². The van der Waals surface area contributed by atoms with Crippen molar-refractivity contribution in [2.45, 2.75) is 13.3 Å². The number of nitrogens with one attached hydrogen (secondary N) is 1. The highest BCUT2D eigenvalue weighted by Gasteiger charge is 2.23. The molecule has 0 radical (unpaired) electrons. The maximum absolute atomic E-state index is 12.0. The molecule has 2 N–H and O–H groups in total. The summed E-state index contributed by atoms with van der Waals surface area (Å²) in [5.74, 6) is -1.39. The fraction of sp³-hybridized carbons (Fsp3) is 0.615. The van der Waals surface area contributed by atoms with Gasteiger partial charge in [0.05, 0.1) is 5.92 Å². The SMILES string of the molecule is CCC(CNC(=O)N1CCN(c2nccs2)CC1)C(=O)O. The molecule has 8 heteroatoms. The highest BCUT2D eigenvalue weighted by atomic mass is 32.1. The van der Waals surface area contributed by atoms with Crippen LogP contribution in [0.15, 0.2) is 11.6 Å². The molecule has 7 nitrogen and oxygen atoms in total. The number of hydrogen-bond donors (Lipinski definition) is 2. The van der Waals surface area contributed by atoms with Crippen LogP contribution in [0.2, 0.25) is 0 Å². The van der Waals surface area contributed by atoms with Crippen LogP contribution in [0.5, 0.6) is 0 Å². The maximum atomic E-state index is 12.0. The Balaban J connectivity index is 1.76. The van der Waals surface area contributed by atoms with E-state index in [1.165, 1.54) is 0 Å². The monoisotopic (exact) mass is 312 g/mol. The van der Waals surface area contributed by atoms with E-state index in [4.69, 9.17) is 5.11 Å². The van der Waals surface area contributed by atoms with Crippen LogP contribution >= 0.6 is 11.3 Å². The first-order chi connectivity index (χ1) is 10.1. The van der Waals surface area contributed by atoms with Gasteiger partial charge in [0.2, 0.25) is 0 Å². The third-order valence-electron chi connectivity index (χ3n) is 3.60. The average Bonchev–Trinajstić information content (AvgIpc) is 3.01. The third kappa shape index (κ3) is 4.07. The maximum Gasteiger partial charge on any atom is 0.317 e. The van der Waals surface area contributed by atoms with E-state index in [0.717, 1.165) is 18.2 Å². The van der Waals surface area contributed by atoms with Gasteiger partial charge in [-0.25, -0.2) is 9.78 Å². The van der Waals surface area contributed by atoms with E-state index in [2.05, 4.69) is 15.2 Å². The van der Waals surface area contributed by atoms with E-state index in [1.54, 1.807) is 29.4 Å². The minimum Gasteiger partial charge on any atom is -0.481 e. The van der Waals surface area contributed by atoms with Crippen molar-refractivity contribution in [2.75, 3.05) is 37.6 Å². The molecular weight excluding hydrogens is 292 g/mol. The van der Waals surface area contributed by atoms with Crippen LogP contribution in [-0.2, 0) is 4.79 Å². The molecule has 1 aliphatic rings. The molecule has 1 aliphatic heterocycles. The van der Waals surface area contributed by atoms with Crippen LogP contribution in [0.3, 0.4) is 0 Å². The number of piperazine rings is 1.